The van der Waals surface area contributed by atoms with Crippen LogP contribution in [0.2, 0.25) is 0 Å². The second-order valence-electron chi connectivity index (χ2n) is 4.31. The van der Waals surface area contributed by atoms with Gasteiger partial charge in [-0.25, -0.2) is 0 Å². The summed E-state index contributed by atoms with van der Waals surface area (Å²) in [4.78, 5) is 12.7. The van der Waals surface area contributed by atoms with E-state index in [1.54, 1.807) is 11.3 Å². The van der Waals surface area contributed by atoms with Gasteiger partial charge in [-0.15, -0.1) is 11.3 Å². The van der Waals surface area contributed by atoms with Crippen LogP contribution in [-0.2, 0) is 19.3 Å². The molecule has 2 rings (SSSR count). The van der Waals surface area contributed by atoms with Gasteiger partial charge in [0.05, 0.1) is 0 Å². The fraction of sp³-hybridized carbons (Fsp3) is 0.308. The maximum absolute atomic E-state index is 12.8. The van der Waals surface area contributed by atoms with Gasteiger partial charge in [0.2, 0.25) is 0 Å². The number of pyridine rings is 1. The van der Waals surface area contributed by atoms with Crippen molar-refractivity contribution in [1.29, 1.82) is 0 Å². The molecule has 1 N–H and O–H groups in total. The van der Waals surface area contributed by atoms with Crippen LogP contribution in [0.4, 0.5) is 13.2 Å². The summed E-state index contributed by atoms with van der Waals surface area (Å²) in [7, 11) is 0. The van der Waals surface area contributed by atoms with E-state index in [2.05, 4.69) is 21.2 Å². The number of nitrogens with one attached hydrogen (secondary N) is 1. The number of rotatable bonds is 5. The summed E-state index contributed by atoms with van der Waals surface area (Å²) in [5.41, 5.74) is -1.57. The normalized spacial score (nSPS) is 11.8. The van der Waals surface area contributed by atoms with Crippen LogP contribution in [-0.4, -0.2) is 11.1 Å². The molecule has 3 nitrogen and oxygen atoms in total. The number of hydrogen-bond acceptors (Lipinski definition) is 3. The van der Waals surface area contributed by atoms with Gasteiger partial charge in [0.15, 0.2) is 0 Å². The number of hydrogen-bond donors (Lipinski definition) is 1. The van der Waals surface area contributed by atoms with Gasteiger partial charge >= 0.3 is 6.18 Å². The number of aromatic nitrogens is 1. The molecule has 0 amide bonds. The molecule has 2 aromatic rings. The molecule has 2 aromatic heterocycles. The molecule has 0 aliphatic carbocycles. The topological polar surface area (TPSA) is 34.0 Å². The summed E-state index contributed by atoms with van der Waals surface area (Å²) in [5, 5.41) is 4.96. The minimum absolute atomic E-state index is 0.0267. The minimum Gasteiger partial charge on any atom is -0.310 e. The van der Waals surface area contributed by atoms with Crippen molar-refractivity contribution < 1.29 is 13.2 Å². The minimum atomic E-state index is -4.53. The Hall–Kier alpha value is -1.12. The van der Waals surface area contributed by atoms with Crippen molar-refractivity contribution in [1.82, 2.24) is 9.88 Å². The molecule has 0 bridgehead atoms. The van der Waals surface area contributed by atoms with E-state index in [9.17, 15) is 18.0 Å². The second-order valence-corrected chi connectivity index (χ2v) is 6.22. The van der Waals surface area contributed by atoms with E-state index >= 15 is 0 Å². The van der Waals surface area contributed by atoms with Gasteiger partial charge in [-0.1, -0.05) is 6.07 Å². The van der Waals surface area contributed by atoms with E-state index in [4.69, 9.17) is 0 Å². The molecule has 2 heterocycles. The summed E-state index contributed by atoms with van der Waals surface area (Å²) < 4.78 is 40.2. The van der Waals surface area contributed by atoms with Crippen LogP contribution in [0.3, 0.4) is 0 Å². The average molecular weight is 381 g/mol. The van der Waals surface area contributed by atoms with E-state index in [1.165, 1.54) is 0 Å². The summed E-state index contributed by atoms with van der Waals surface area (Å²) in [6.45, 7) is 0.808. The predicted molar refractivity (Wildman–Crippen MR) is 79.4 cm³/mol. The molecule has 0 spiro atoms. The van der Waals surface area contributed by atoms with Gasteiger partial charge < -0.3 is 9.88 Å². The third-order valence-corrected chi connectivity index (χ3v) is 4.47. The number of alkyl halides is 3. The molecule has 0 saturated heterocycles. The summed E-state index contributed by atoms with van der Waals surface area (Å²) in [6, 6.07) is 5.11. The fourth-order valence-corrected chi connectivity index (χ4v) is 3.27. The molecule has 8 heteroatoms. The van der Waals surface area contributed by atoms with E-state index in [0.717, 1.165) is 32.1 Å². The highest BCUT2D eigenvalue weighted by Gasteiger charge is 2.33. The summed E-state index contributed by atoms with van der Waals surface area (Å²) in [6.07, 6.45) is -4.53. The Balaban J connectivity index is 1.98. The molecule has 0 fully saturated rings. The molecule has 114 valence electrons. The summed E-state index contributed by atoms with van der Waals surface area (Å²) >= 11 is 4.88. The van der Waals surface area contributed by atoms with Crippen LogP contribution >= 0.6 is 27.3 Å². The van der Waals surface area contributed by atoms with E-state index in [0.29, 0.717) is 6.54 Å². The first-order valence-corrected chi connectivity index (χ1v) is 7.76. The highest BCUT2D eigenvalue weighted by atomic mass is 79.9. The van der Waals surface area contributed by atoms with E-state index in [1.807, 2.05) is 11.4 Å². The molecular weight excluding hydrogens is 369 g/mol. The van der Waals surface area contributed by atoms with Crippen molar-refractivity contribution in [3.05, 3.63) is 55.0 Å². The number of nitrogens with zero attached hydrogens (tertiary/aromatic N) is 1. The SMILES string of the molecule is O=c1cccc(C(F)(F)F)n1CCNCc1cc(Br)cs1. The van der Waals surface area contributed by atoms with E-state index < -0.39 is 17.4 Å². The van der Waals surface area contributed by atoms with Gasteiger partial charge in [-0.2, -0.15) is 13.2 Å². The lowest BCUT2D eigenvalue weighted by Crippen LogP contribution is -2.31. The smallest absolute Gasteiger partial charge is 0.310 e. The van der Waals surface area contributed by atoms with Crippen LogP contribution < -0.4 is 10.9 Å². The Labute approximate surface area is 131 Å². The quantitative estimate of drug-likeness (QED) is 0.805. The Bertz CT molecular complexity index is 666. The van der Waals surface area contributed by atoms with Crippen LogP contribution in [0.15, 0.2) is 38.9 Å². The van der Waals surface area contributed by atoms with Crippen LogP contribution in [0, 0.1) is 0 Å². The maximum Gasteiger partial charge on any atom is 0.431 e. The largest absolute Gasteiger partial charge is 0.431 e. The number of thiophene rings is 1. The molecule has 0 atom stereocenters. The van der Waals surface area contributed by atoms with Crippen molar-refractivity contribution in [2.24, 2.45) is 0 Å². The Morgan fingerprint density at radius 1 is 1.33 bits per heavy atom. The molecule has 0 aliphatic heterocycles. The lowest BCUT2D eigenvalue weighted by molar-refractivity contribution is -0.144. The first kappa shape index (κ1) is 16.3. The molecule has 0 saturated carbocycles. The van der Waals surface area contributed by atoms with E-state index in [-0.39, 0.29) is 13.1 Å². The van der Waals surface area contributed by atoms with Gasteiger partial charge in [-0.3, -0.25) is 4.79 Å². The molecule has 21 heavy (non-hydrogen) atoms. The zero-order valence-electron chi connectivity index (χ0n) is 10.8. The monoisotopic (exact) mass is 380 g/mol. The zero-order valence-corrected chi connectivity index (χ0v) is 13.2. The molecule has 0 unspecified atom stereocenters. The molecule has 0 aliphatic rings. The van der Waals surface area contributed by atoms with Crippen molar-refractivity contribution in [2.45, 2.75) is 19.3 Å². The van der Waals surface area contributed by atoms with Crippen molar-refractivity contribution in [3.8, 4) is 0 Å². The lowest BCUT2D eigenvalue weighted by atomic mass is 10.3. The first-order valence-electron chi connectivity index (χ1n) is 6.08. The third kappa shape index (κ3) is 4.42. The van der Waals surface area contributed by atoms with Crippen LogP contribution in [0.25, 0.3) is 0 Å². The van der Waals surface area contributed by atoms with Gasteiger partial charge in [0.25, 0.3) is 5.56 Å². The number of halogens is 4. The average Bonchev–Trinajstić information content (AvgIpc) is 2.80. The highest BCUT2D eigenvalue weighted by Crippen LogP contribution is 2.27. The van der Waals surface area contributed by atoms with Gasteiger partial charge in [0, 0.05) is 40.4 Å². The van der Waals surface area contributed by atoms with Crippen molar-refractivity contribution >= 4 is 27.3 Å². The summed E-state index contributed by atoms with van der Waals surface area (Å²) in [5.74, 6) is 0. The fourth-order valence-electron chi connectivity index (χ4n) is 1.85. The van der Waals surface area contributed by atoms with Gasteiger partial charge in [-0.05, 0) is 28.1 Å². The standard InChI is InChI=1S/C13H12BrF3N2OS/c14-9-6-10(21-8-9)7-18-4-5-19-11(13(15,16)17)2-1-3-12(19)20/h1-3,6,8,18H,4-5,7H2. The molecule has 0 radical (unpaired) electrons. The van der Waals surface area contributed by atoms with Crippen molar-refractivity contribution in [2.75, 3.05) is 6.54 Å². The maximum atomic E-state index is 12.8. The van der Waals surface area contributed by atoms with Crippen LogP contribution in [0.1, 0.15) is 10.6 Å². The Morgan fingerprint density at radius 3 is 2.71 bits per heavy atom. The van der Waals surface area contributed by atoms with Crippen LogP contribution in [0.5, 0.6) is 0 Å². The molecule has 0 aromatic carbocycles. The predicted octanol–water partition coefficient (Wildman–Crippen LogP) is 3.48. The Morgan fingerprint density at radius 2 is 2.10 bits per heavy atom. The molecular formula is C13H12BrF3N2OS. The second kappa shape index (κ2) is 6.76. The van der Waals surface area contributed by atoms with Gasteiger partial charge in [0.1, 0.15) is 5.69 Å². The first-order chi connectivity index (χ1) is 9.88. The van der Waals surface area contributed by atoms with Crippen molar-refractivity contribution in [3.63, 3.8) is 0 Å². The zero-order chi connectivity index (χ0) is 15.5. The highest BCUT2D eigenvalue weighted by molar-refractivity contribution is 9.10. The lowest BCUT2D eigenvalue weighted by Gasteiger charge is -2.15. The third-order valence-electron chi connectivity index (χ3n) is 2.77. The Kier molecular flexibility index (Phi) is 5.23.